The number of thiazole rings is 1. The Bertz CT molecular complexity index is 954. The minimum atomic E-state index is 0.113. The lowest BCUT2D eigenvalue weighted by Crippen LogP contribution is -2.49. The number of rotatable bonds is 5. The fourth-order valence-corrected chi connectivity index (χ4v) is 4.60. The Hall–Kier alpha value is -2.57. The molecule has 144 valence electrons. The van der Waals surface area contributed by atoms with Crippen LogP contribution >= 0.6 is 11.3 Å². The minimum Gasteiger partial charge on any atom is -0.307 e. The van der Waals surface area contributed by atoms with E-state index in [0.29, 0.717) is 6.42 Å². The van der Waals surface area contributed by atoms with Crippen molar-refractivity contribution < 1.29 is 4.79 Å². The highest BCUT2D eigenvalue weighted by atomic mass is 32.1. The Morgan fingerprint density at radius 1 is 1.25 bits per heavy atom. The normalized spacial score (nSPS) is 16.2. The maximum absolute atomic E-state index is 13.3. The zero-order valence-electron chi connectivity index (χ0n) is 16.2. The van der Waals surface area contributed by atoms with Gasteiger partial charge in [-0.1, -0.05) is 18.2 Å². The summed E-state index contributed by atoms with van der Waals surface area (Å²) in [5.74, 6) is 0.113. The number of nitrogens with zero attached hydrogens (tertiary/aromatic N) is 4. The molecule has 1 unspecified atom stereocenters. The third-order valence-corrected chi connectivity index (χ3v) is 5.94. The van der Waals surface area contributed by atoms with Gasteiger partial charge in [0.05, 0.1) is 12.1 Å². The second kappa shape index (κ2) is 8.20. The van der Waals surface area contributed by atoms with Gasteiger partial charge in [-0.15, -0.1) is 11.3 Å². The average Bonchev–Trinajstić information content (AvgIpc) is 3.16. The molecule has 2 aromatic heterocycles. The number of hydrogen-bond donors (Lipinski definition) is 0. The summed E-state index contributed by atoms with van der Waals surface area (Å²) >= 11 is 1.56. The van der Waals surface area contributed by atoms with Crippen molar-refractivity contribution in [3.8, 4) is 10.6 Å². The Balaban J connectivity index is 1.58. The van der Waals surface area contributed by atoms with Gasteiger partial charge in [0.25, 0.3) is 0 Å². The van der Waals surface area contributed by atoms with Crippen LogP contribution in [-0.4, -0.2) is 47.5 Å². The van der Waals surface area contributed by atoms with E-state index in [2.05, 4.69) is 41.1 Å². The van der Waals surface area contributed by atoms with E-state index >= 15 is 0 Å². The summed E-state index contributed by atoms with van der Waals surface area (Å²) in [7, 11) is 4.12. The highest BCUT2D eigenvalue weighted by molar-refractivity contribution is 7.13. The fraction of sp³-hybridized carbons (Fsp3) is 0.318. The number of carbonyl (C=O) groups excluding carboxylic acids is 1. The number of hydrogen-bond acceptors (Lipinski definition) is 5. The molecule has 0 saturated heterocycles. The molecule has 28 heavy (non-hydrogen) atoms. The number of pyridine rings is 1. The number of benzene rings is 1. The molecule has 3 heterocycles. The standard InChI is InChI=1S/C22H24N4OS/c1-25(2)14-19-10-9-16-6-3-4-8-20(16)26(19)21(27)12-18-15-28-22(24-18)17-7-5-11-23-13-17/h3-8,11,13,15,19H,9-10,12,14H2,1-2H3. The summed E-state index contributed by atoms with van der Waals surface area (Å²) < 4.78 is 0. The molecule has 1 atom stereocenters. The molecule has 0 bridgehead atoms. The predicted octanol–water partition coefficient (Wildman–Crippen LogP) is 3.66. The van der Waals surface area contributed by atoms with Crippen LogP contribution in [0.2, 0.25) is 0 Å². The summed E-state index contributed by atoms with van der Waals surface area (Å²) in [4.78, 5) is 26.3. The van der Waals surface area contributed by atoms with Gasteiger partial charge in [-0.3, -0.25) is 9.78 Å². The minimum absolute atomic E-state index is 0.113. The van der Waals surface area contributed by atoms with Crippen LogP contribution in [0.1, 0.15) is 17.7 Å². The molecule has 6 heteroatoms. The molecule has 0 aliphatic carbocycles. The molecule has 3 aromatic rings. The molecule has 4 rings (SSSR count). The molecule has 0 fully saturated rings. The smallest absolute Gasteiger partial charge is 0.233 e. The second-order valence-electron chi connectivity index (χ2n) is 7.41. The number of para-hydroxylation sites is 1. The summed E-state index contributed by atoms with van der Waals surface area (Å²) in [6, 6.07) is 12.3. The van der Waals surface area contributed by atoms with Crippen LogP contribution in [0.25, 0.3) is 10.6 Å². The molecule has 0 N–H and O–H groups in total. The molecule has 1 aliphatic heterocycles. The molecule has 5 nitrogen and oxygen atoms in total. The van der Waals surface area contributed by atoms with E-state index < -0.39 is 0 Å². The van der Waals surface area contributed by atoms with Gasteiger partial charge in [-0.2, -0.15) is 0 Å². The van der Waals surface area contributed by atoms with Crippen molar-refractivity contribution in [2.24, 2.45) is 0 Å². The van der Waals surface area contributed by atoms with Crippen LogP contribution < -0.4 is 4.90 Å². The van der Waals surface area contributed by atoms with Gasteiger partial charge in [0.15, 0.2) is 0 Å². The number of carbonyl (C=O) groups is 1. The molecular formula is C22H24N4OS. The van der Waals surface area contributed by atoms with Crippen LogP contribution in [0.3, 0.4) is 0 Å². The molecule has 1 aromatic carbocycles. The van der Waals surface area contributed by atoms with Crippen molar-refractivity contribution in [3.63, 3.8) is 0 Å². The third kappa shape index (κ3) is 3.98. The van der Waals surface area contributed by atoms with E-state index in [1.54, 1.807) is 23.7 Å². The summed E-state index contributed by atoms with van der Waals surface area (Å²) in [6.45, 7) is 0.859. The van der Waals surface area contributed by atoms with Crippen LogP contribution in [0, 0.1) is 0 Å². The van der Waals surface area contributed by atoms with Gasteiger partial charge in [0.2, 0.25) is 5.91 Å². The molecule has 1 amide bonds. The highest BCUT2D eigenvalue weighted by Gasteiger charge is 2.31. The largest absolute Gasteiger partial charge is 0.307 e. The predicted molar refractivity (Wildman–Crippen MR) is 114 cm³/mol. The number of likely N-dealkylation sites (N-methyl/N-ethyl adjacent to an activating group) is 1. The quantitative estimate of drug-likeness (QED) is 0.665. The van der Waals surface area contributed by atoms with E-state index in [0.717, 1.165) is 41.3 Å². The number of aromatic nitrogens is 2. The van der Waals surface area contributed by atoms with Crippen molar-refractivity contribution in [2.75, 3.05) is 25.5 Å². The molecule has 0 saturated carbocycles. The van der Waals surface area contributed by atoms with Crippen LogP contribution in [-0.2, 0) is 17.6 Å². The lowest BCUT2D eigenvalue weighted by Gasteiger charge is -2.38. The first-order valence-corrected chi connectivity index (χ1v) is 10.4. The summed E-state index contributed by atoms with van der Waals surface area (Å²) in [5, 5.41) is 2.89. The van der Waals surface area contributed by atoms with E-state index in [1.807, 2.05) is 34.5 Å². The Morgan fingerprint density at radius 3 is 2.89 bits per heavy atom. The van der Waals surface area contributed by atoms with Gasteiger partial charge in [0.1, 0.15) is 5.01 Å². The van der Waals surface area contributed by atoms with Crippen molar-refractivity contribution in [3.05, 3.63) is 65.4 Å². The van der Waals surface area contributed by atoms with Crippen molar-refractivity contribution in [2.45, 2.75) is 25.3 Å². The maximum Gasteiger partial charge on any atom is 0.233 e. The van der Waals surface area contributed by atoms with E-state index in [4.69, 9.17) is 0 Å². The van der Waals surface area contributed by atoms with Crippen molar-refractivity contribution >= 4 is 22.9 Å². The summed E-state index contributed by atoms with van der Waals surface area (Å²) in [6.07, 6.45) is 5.87. The Morgan fingerprint density at radius 2 is 2.11 bits per heavy atom. The van der Waals surface area contributed by atoms with Gasteiger partial charge < -0.3 is 9.80 Å². The van der Waals surface area contributed by atoms with Crippen molar-refractivity contribution in [1.82, 2.24) is 14.9 Å². The zero-order valence-corrected chi connectivity index (χ0v) is 17.0. The summed E-state index contributed by atoms with van der Waals surface area (Å²) in [5.41, 5.74) is 4.11. The Kier molecular flexibility index (Phi) is 5.50. The lowest BCUT2D eigenvalue weighted by atomic mass is 9.95. The molecular weight excluding hydrogens is 368 g/mol. The van der Waals surface area contributed by atoms with Crippen LogP contribution in [0.4, 0.5) is 5.69 Å². The van der Waals surface area contributed by atoms with Crippen LogP contribution in [0.5, 0.6) is 0 Å². The first kappa shape index (κ1) is 18.8. The number of amides is 1. The first-order valence-electron chi connectivity index (χ1n) is 9.51. The van der Waals surface area contributed by atoms with Gasteiger partial charge >= 0.3 is 0 Å². The maximum atomic E-state index is 13.3. The number of anilines is 1. The third-order valence-electron chi connectivity index (χ3n) is 5.00. The van der Waals surface area contributed by atoms with Gasteiger partial charge in [-0.25, -0.2) is 4.98 Å². The van der Waals surface area contributed by atoms with Gasteiger partial charge in [-0.05, 0) is 50.7 Å². The highest BCUT2D eigenvalue weighted by Crippen LogP contribution is 2.32. The van der Waals surface area contributed by atoms with E-state index in [9.17, 15) is 4.79 Å². The number of fused-ring (bicyclic) bond motifs is 1. The first-order chi connectivity index (χ1) is 13.6. The SMILES string of the molecule is CN(C)CC1CCc2ccccc2N1C(=O)Cc1csc(-c2cccnc2)n1. The molecule has 0 radical (unpaired) electrons. The number of aryl methyl sites for hydroxylation is 1. The van der Waals surface area contributed by atoms with Crippen LogP contribution in [0.15, 0.2) is 54.2 Å². The van der Waals surface area contributed by atoms with Gasteiger partial charge in [0, 0.05) is 41.6 Å². The molecule has 1 aliphatic rings. The van der Waals surface area contributed by atoms with Crippen molar-refractivity contribution in [1.29, 1.82) is 0 Å². The lowest BCUT2D eigenvalue weighted by molar-refractivity contribution is -0.118. The zero-order chi connectivity index (χ0) is 19.5. The van der Waals surface area contributed by atoms with E-state index in [-0.39, 0.29) is 11.9 Å². The van der Waals surface area contributed by atoms with E-state index in [1.165, 1.54) is 5.56 Å². The topological polar surface area (TPSA) is 49.3 Å². The second-order valence-corrected chi connectivity index (χ2v) is 8.27. The fourth-order valence-electron chi connectivity index (χ4n) is 3.79. The monoisotopic (exact) mass is 392 g/mol. The average molecular weight is 393 g/mol. The molecule has 0 spiro atoms. The Labute approximate surface area is 169 Å².